The number of nitrogens with zero attached hydrogens (tertiary/aromatic N) is 3. The Balaban J connectivity index is 2.27. The maximum absolute atomic E-state index is 12.0. The molecule has 0 N–H and O–H groups in total. The van der Waals surface area contributed by atoms with E-state index in [4.69, 9.17) is 4.74 Å². The van der Waals surface area contributed by atoms with Crippen LogP contribution in [0.1, 0.15) is 10.5 Å². The van der Waals surface area contributed by atoms with Gasteiger partial charge in [0.05, 0.1) is 12.8 Å². The number of carbonyl (C=O) groups excluding carboxylic acids is 1. The van der Waals surface area contributed by atoms with Gasteiger partial charge in [-0.05, 0) is 12.1 Å². The minimum Gasteiger partial charge on any atom is -0.480 e. The zero-order valence-corrected chi connectivity index (χ0v) is 10.2. The molecule has 0 spiro atoms. The summed E-state index contributed by atoms with van der Waals surface area (Å²) in [5, 5.41) is 3.92. The quantitative estimate of drug-likeness (QED) is 0.737. The fourth-order valence-corrected chi connectivity index (χ4v) is 1.62. The van der Waals surface area contributed by atoms with Crippen molar-refractivity contribution < 1.29 is 9.53 Å². The van der Waals surface area contributed by atoms with E-state index in [9.17, 15) is 9.59 Å². The monoisotopic (exact) mass is 247 g/mol. The topological polar surface area (TPSA) is 66.1 Å². The van der Waals surface area contributed by atoms with E-state index in [0.717, 1.165) is 4.68 Å². The molecule has 2 aromatic heterocycles. The first-order valence-corrected chi connectivity index (χ1v) is 5.38. The summed E-state index contributed by atoms with van der Waals surface area (Å²) >= 11 is 0. The SMILES string of the molecule is COc1ccc(=O)n(CC(=O)c2cccn2C)n1. The Bertz CT molecular complexity index is 627. The molecule has 0 aliphatic heterocycles. The molecule has 6 nitrogen and oxygen atoms in total. The second-order valence-corrected chi connectivity index (χ2v) is 3.80. The number of rotatable bonds is 4. The van der Waals surface area contributed by atoms with Crippen molar-refractivity contribution in [1.82, 2.24) is 14.3 Å². The summed E-state index contributed by atoms with van der Waals surface area (Å²) < 4.78 is 7.71. The van der Waals surface area contributed by atoms with Gasteiger partial charge in [0.15, 0.2) is 0 Å². The Kier molecular flexibility index (Phi) is 3.27. The van der Waals surface area contributed by atoms with Crippen molar-refractivity contribution in [3.05, 3.63) is 46.5 Å². The van der Waals surface area contributed by atoms with Gasteiger partial charge in [-0.3, -0.25) is 9.59 Å². The van der Waals surface area contributed by atoms with E-state index in [1.807, 2.05) is 0 Å². The Morgan fingerprint density at radius 3 is 2.78 bits per heavy atom. The number of ether oxygens (including phenoxy) is 1. The Morgan fingerprint density at radius 1 is 1.39 bits per heavy atom. The first kappa shape index (κ1) is 12.1. The molecule has 0 atom stereocenters. The van der Waals surface area contributed by atoms with Crippen LogP contribution < -0.4 is 10.3 Å². The summed E-state index contributed by atoms with van der Waals surface area (Å²) in [6, 6.07) is 6.26. The zero-order chi connectivity index (χ0) is 13.1. The van der Waals surface area contributed by atoms with E-state index < -0.39 is 0 Å². The third kappa shape index (κ3) is 2.32. The van der Waals surface area contributed by atoms with Crippen LogP contribution in [0.4, 0.5) is 0 Å². The minimum atomic E-state index is -0.335. The number of hydrogen-bond donors (Lipinski definition) is 0. The van der Waals surface area contributed by atoms with Crippen LogP contribution in [0.5, 0.6) is 5.88 Å². The molecule has 94 valence electrons. The van der Waals surface area contributed by atoms with Crippen molar-refractivity contribution in [1.29, 1.82) is 0 Å². The van der Waals surface area contributed by atoms with E-state index in [0.29, 0.717) is 11.6 Å². The Hall–Kier alpha value is -2.37. The lowest BCUT2D eigenvalue weighted by atomic mass is 10.3. The van der Waals surface area contributed by atoms with Crippen LogP contribution in [0.25, 0.3) is 0 Å². The molecule has 0 aliphatic rings. The van der Waals surface area contributed by atoms with Gasteiger partial charge in [-0.25, -0.2) is 4.68 Å². The molecule has 0 saturated carbocycles. The summed E-state index contributed by atoms with van der Waals surface area (Å²) in [7, 11) is 3.23. The number of Topliss-reactive ketones (excluding diaryl/α,β-unsaturated/α-hetero) is 1. The molecule has 0 radical (unpaired) electrons. The predicted octanol–water partition coefficient (Wildman–Crippen LogP) is 0.473. The average molecular weight is 247 g/mol. The fourth-order valence-electron chi connectivity index (χ4n) is 1.62. The number of aryl methyl sites for hydroxylation is 1. The van der Waals surface area contributed by atoms with Gasteiger partial charge in [-0.15, -0.1) is 5.10 Å². The van der Waals surface area contributed by atoms with Gasteiger partial charge < -0.3 is 9.30 Å². The van der Waals surface area contributed by atoms with Gasteiger partial charge in [0.25, 0.3) is 5.56 Å². The van der Waals surface area contributed by atoms with Crippen molar-refractivity contribution in [2.75, 3.05) is 7.11 Å². The van der Waals surface area contributed by atoms with Crippen molar-refractivity contribution in [3.8, 4) is 5.88 Å². The average Bonchev–Trinajstić information content (AvgIpc) is 2.78. The van der Waals surface area contributed by atoms with Crippen molar-refractivity contribution in [2.24, 2.45) is 7.05 Å². The number of ketones is 1. The van der Waals surface area contributed by atoms with Gasteiger partial charge in [0.2, 0.25) is 11.7 Å². The highest BCUT2D eigenvalue weighted by Gasteiger charge is 2.11. The van der Waals surface area contributed by atoms with Crippen molar-refractivity contribution >= 4 is 5.78 Å². The van der Waals surface area contributed by atoms with Crippen LogP contribution in [0.15, 0.2) is 35.3 Å². The Morgan fingerprint density at radius 2 is 2.17 bits per heavy atom. The molecule has 18 heavy (non-hydrogen) atoms. The number of hydrogen-bond acceptors (Lipinski definition) is 4. The highest BCUT2D eigenvalue weighted by molar-refractivity contribution is 5.94. The van der Waals surface area contributed by atoms with E-state index in [1.54, 1.807) is 29.9 Å². The van der Waals surface area contributed by atoms with Gasteiger partial charge in [0.1, 0.15) is 6.54 Å². The fraction of sp³-hybridized carbons (Fsp3) is 0.250. The molecule has 0 saturated heterocycles. The van der Waals surface area contributed by atoms with Crippen LogP contribution >= 0.6 is 0 Å². The zero-order valence-electron chi connectivity index (χ0n) is 10.2. The highest BCUT2D eigenvalue weighted by Crippen LogP contribution is 2.03. The predicted molar refractivity (Wildman–Crippen MR) is 64.8 cm³/mol. The molecule has 0 amide bonds. The van der Waals surface area contributed by atoms with Crippen LogP contribution in [-0.2, 0) is 13.6 Å². The standard InChI is InChI=1S/C12H13N3O3/c1-14-7-3-4-9(14)10(16)8-15-12(17)6-5-11(13-15)18-2/h3-7H,8H2,1-2H3. The third-order valence-corrected chi connectivity index (χ3v) is 2.57. The number of aromatic nitrogens is 3. The smallest absolute Gasteiger partial charge is 0.267 e. The molecule has 0 bridgehead atoms. The normalized spacial score (nSPS) is 10.3. The number of methoxy groups -OCH3 is 1. The molecular formula is C12H13N3O3. The lowest BCUT2D eigenvalue weighted by Gasteiger charge is -2.06. The molecule has 0 aliphatic carbocycles. The first-order valence-electron chi connectivity index (χ1n) is 5.38. The molecule has 0 fully saturated rings. The van der Waals surface area contributed by atoms with E-state index in [-0.39, 0.29) is 17.9 Å². The Labute approximate surface area is 103 Å². The molecule has 6 heteroatoms. The molecule has 0 aromatic carbocycles. The van der Waals surface area contributed by atoms with Crippen molar-refractivity contribution in [3.63, 3.8) is 0 Å². The van der Waals surface area contributed by atoms with E-state index in [2.05, 4.69) is 5.10 Å². The molecule has 2 aromatic rings. The van der Waals surface area contributed by atoms with Gasteiger partial charge in [-0.2, -0.15) is 0 Å². The summed E-state index contributed by atoms with van der Waals surface area (Å²) in [4.78, 5) is 23.5. The summed E-state index contributed by atoms with van der Waals surface area (Å²) in [5.74, 6) is 0.125. The summed E-state index contributed by atoms with van der Waals surface area (Å²) in [6.45, 7) is -0.103. The summed E-state index contributed by atoms with van der Waals surface area (Å²) in [6.07, 6.45) is 1.77. The minimum absolute atomic E-state index is 0.103. The van der Waals surface area contributed by atoms with Crippen molar-refractivity contribution in [2.45, 2.75) is 6.54 Å². The maximum Gasteiger partial charge on any atom is 0.267 e. The summed E-state index contributed by atoms with van der Waals surface area (Å²) in [5.41, 5.74) is 0.199. The van der Waals surface area contributed by atoms with Gasteiger partial charge >= 0.3 is 0 Å². The maximum atomic E-state index is 12.0. The third-order valence-electron chi connectivity index (χ3n) is 2.57. The highest BCUT2D eigenvalue weighted by atomic mass is 16.5. The molecule has 0 unspecified atom stereocenters. The first-order chi connectivity index (χ1) is 8.61. The second-order valence-electron chi connectivity index (χ2n) is 3.80. The second kappa shape index (κ2) is 4.87. The molecule has 2 rings (SSSR count). The molecular weight excluding hydrogens is 234 g/mol. The van der Waals surface area contributed by atoms with Gasteiger partial charge in [0, 0.05) is 25.4 Å². The van der Waals surface area contributed by atoms with E-state index >= 15 is 0 Å². The van der Waals surface area contributed by atoms with Crippen LogP contribution in [0, 0.1) is 0 Å². The van der Waals surface area contributed by atoms with E-state index in [1.165, 1.54) is 19.2 Å². The van der Waals surface area contributed by atoms with Crippen LogP contribution in [0.2, 0.25) is 0 Å². The van der Waals surface area contributed by atoms with Crippen LogP contribution in [-0.4, -0.2) is 27.2 Å². The van der Waals surface area contributed by atoms with Gasteiger partial charge in [-0.1, -0.05) is 0 Å². The largest absolute Gasteiger partial charge is 0.480 e. The lowest BCUT2D eigenvalue weighted by Crippen LogP contribution is -2.26. The lowest BCUT2D eigenvalue weighted by molar-refractivity contribution is 0.0957. The number of carbonyl (C=O) groups is 1. The molecule has 2 heterocycles. The van der Waals surface area contributed by atoms with Crippen LogP contribution in [0.3, 0.4) is 0 Å².